The van der Waals surface area contributed by atoms with Crippen molar-refractivity contribution in [1.82, 2.24) is 10.5 Å². The van der Waals surface area contributed by atoms with Gasteiger partial charge in [-0.3, -0.25) is 9.59 Å². The molecule has 0 radical (unpaired) electrons. The van der Waals surface area contributed by atoms with E-state index in [9.17, 15) is 19.8 Å². The highest BCUT2D eigenvalue weighted by atomic mass is 35.5. The minimum Gasteiger partial charge on any atom is -0.507 e. The van der Waals surface area contributed by atoms with E-state index in [4.69, 9.17) is 25.6 Å². The molecule has 0 spiro atoms. The van der Waals surface area contributed by atoms with Gasteiger partial charge in [-0.2, -0.15) is 0 Å². The first-order valence-electron chi connectivity index (χ1n) is 11.2. The zero-order chi connectivity index (χ0) is 25.4. The Balaban J connectivity index is 1.83. The Kier molecular flexibility index (Phi) is 8.97. The number of hydrogen-bond donors (Lipinski definition) is 3. The number of phenolic OH excluding ortho intramolecular Hbond substituents is 2. The molecule has 0 aliphatic heterocycles. The van der Waals surface area contributed by atoms with E-state index in [-0.39, 0.29) is 39.5 Å². The Morgan fingerprint density at radius 2 is 1.83 bits per heavy atom. The third-order valence-corrected chi connectivity index (χ3v) is 5.35. The quantitative estimate of drug-likeness (QED) is 0.248. The number of nitrogens with one attached hydrogen (secondary N) is 1. The number of phenols is 2. The summed E-state index contributed by atoms with van der Waals surface area (Å²) in [6.07, 6.45) is 1.71. The fourth-order valence-electron chi connectivity index (χ4n) is 3.39. The third kappa shape index (κ3) is 6.45. The second-order valence-corrected chi connectivity index (χ2v) is 7.96. The number of halogens is 1. The van der Waals surface area contributed by atoms with Crippen LogP contribution in [0.1, 0.15) is 43.6 Å². The number of amides is 1. The molecule has 1 aromatic heterocycles. The van der Waals surface area contributed by atoms with E-state index in [2.05, 4.69) is 10.5 Å². The summed E-state index contributed by atoms with van der Waals surface area (Å²) >= 11 is 6.03. The minimum atomic E-state index is -0.441. The van der Waals surface area contributed by atoms with Crippen molar-refractivity contribution in [2.24, 2.45) is 0 Å². The van der Waals surface area contributed by atoms with Gasteiger partial charge in [-0.05, 0) is 50.5 Å². The number of hydrogen-bond acceptors (Lipinski definition) is 8. The highest BCUT2D eigenvalue weighted by Crippen LogP contribution is 2.43. The molecule has 9 nitrogen and oxygen atoms in total. The van der Waals surface area contributed by atoms with Crippen LogP contribution in [0, 0.1) is 0 Å². The summed E-state index contributed by atoms with van der Waals surface area (Å²) in [5.41, 5.74) is 1.17. The number of rotatable bonds is 11. The van der Waals surface area contributed by atoms with Gasteiger partial charge < -0.3 is 29.5 Å². The van der Waals surface area contributed by atoms with Gasteiger partial charge in [0.15, 0.2) is 11.5 Å². The Hall–Kier alpha value is -3.72. The van der Waals surface area contributed by atoms with Gasteiger partial charge in [0.05, 0.1) is 29.4 Å². The average Bonchev–Trinajstić information content (AvgIpc) is 3.27. The molecule has 3 aromatic rings. The lowest BCUT2D eigenvalue weighted by Gasteiger charge is -2.10. The molecule has 0 aliphatic carbocycles. The number of unbranched alkanes of at least 4 members (excludes halogenated alkanes) is 1. The minimum absolute atomic E-state index is 0.00594. The second-order valence-electron chi connectivity index (χ2n) is 7.55. The van der Waals surface area contributed by atoms with Gasteiger partial charge in [0.1, 0.15) is 17.2 Å². The van der Waals surface area contributed by atoms with Crippen LogP contribution >= 0.6 is 11.6 Å². The van der Waals surface area contributed by atoms with E-state index in [0.717, 1.165) is 6.07 Å². The van der Waals surface area contributed by atoms with Crippen molar-refractivity contribution < 1.29 is 33.8 Å². The number of aromatic nitrogens is 1. The lowest BCUT2D eigenvalue weighted by Crippen LogP contribution is -2.23. The number of carbonyl (C=O) groups is 2. The lowest BCUT2D eigenvalue weighted by molar-refractivity contribution is -0.143. The third-order valence-electron chi connectivity index (χ3n) is 5.05. The maximum Gasteiger partial charge on any atom is 0.305 e. The first-order valence-corrected chi connectivity index (χ1v) is 11.6. The molecule has 0 saturated carbocycles. The van der Waals surface area contributed by atoms with Crippen molar-refractivity contribution in [3.63, 3.8) is 0 Å². The van der Waals surface area contributed by atoms with Crippen LogP contribution in [0.15, 0.2) is 40.9 Å². The summed E-state index contributed by atoms with van der Waals surface area (Å²) in [7, 11) is 0. The molecule has 10 heteroatoms. The predicted molar refractivity (Wildman–Crippen MR) is 130 cm³/mol. The van der Waals surface area contributed by atoms with E-state index in [1.54, 1.807) is 38.1 Å². The maximum absolute atomic E-state index is 12.6. The van der Waals surface area contributed by atoms with Gasteiger partial charge in [0, 0.05) is 19.0 Å². The van der Waals surface area contributed by atoms with Crippen LogP contribution in [0.3, 0.4) is 0 Å². The normalized spacial score (nSPS) is 10.7. The molecule has 0 atom stereocenters. The fraction of sp³-hybridized carbons (Fsp3) is 0.320. The van der Waals surface area contributed by atoms with E-state index >= 15 is 0 Å². The molecule has 35 heavy (non-hydrogen) atoms. The van der Waals surface area contributed by atoms with E-state index in [1.807, 2.05) is 0 Å². The summed E-state index contributed by atoms with van der Waals surface area (Å²) in [6, 6.07) is 9.39. The molecule has 0 unspecified atom stereocenters. The Morgan fingerprint density at radius 1 is 1.09 bits per heavy atom. The highest BCUT2D eigenvalue weighted by Gasteiger charge is 2.26. The van der Waals surface area contributed by atoms with Crippen LogP contribution in [0.25, 0.3) is 22.5 Å². The first kappa shape index (κ1) is 25.9. The smallest absolute Gasteiger partial charge is 0.305 e. The average molecular weight is 503 g/mol. The van der Waals surface area contributed by atoms with Gasteiger partial charge in [-0.25, -0.2) is 0 Å². The van der Waals surface area contributed by atoms with Crippen LogP contribution < -0.4 is 10.1 Å². The van der Waals surface area contributed by atoms with Crippen LogP contribution in [-0.4, -0.2) is 47.0 Å². The summed E-state index contributed by atoms with van der Waals surface area (Å²) in [6.45, 7) is 4.75. The molecule has 1 heterocycles. The number of esters is 1. The molecule has 3 rings (SSSR count). The summed E-state index contributed by atoms with van der Waals surface area (Å²) in [4.78, 5) is 24.0. The highest BCUT2D eigenvalue weighted by molar-refractivity contribution is 6.32. The topological polar surface area (TPSA) is 131 Å². The maximum atomic E-state index is 12.6. The molecular formula is C25H27ClN2O7. The predicted octanol–water partition coefficient (Wildman–Crippen LogP) is 4.94. The van der Waals surface area contributed by atoms with Gasteiger partial charge in [0.25, 0.3) is 5.91 Å². The Morgan fingerprint density at radius 3 is 2.51 bits per heavy atom. The lowest BCUT2D eigenvalue weighted by atomic mass is 9.98. The molecule has 2 aromatic carbocycles. The molecule has 3 N–H and O–H groups in total. The van der Waals surface area contributed by atoms with E-state index in [0.29, 0.717) is 55.9 Å². The van der Waals surface area contributed by atoms with Crippen molar-refractivity contribution in [2.75, 3.05) is 19.8 Å². The van der Waals surface area contributed by atoms with Crippen molar-refractivity contribution in [3.8, 4) is 39.7 Å². The standard InChI is InChI=1S/C25H27ClN2O7/c1-3-27-25(32)23-22(24(35-28-23)17-13-18(26)20(30)14-19(17)29)15-8-10-16(11-9-15)34-12-6-5-7-21(31)33-4-2/h8-11,13-14,29-30H,3-7,12H2,1-2H3,(H,27,32). The summed E-state index contributed by atoms with van der Waals surface area (Å²) in [5, 5.41) is 26.8. The van der Waals surface area contributed by atoms with Gasteiger partial charge in [0.2, 0.25) is 0 Å². The van der Waals surface area contributed by atoms with Crippen molar-refractivity contribution >= 4 is 23.5 Å². The molecule has 0 aliphatic rings. The number of benzene rings is 2. The number of aromatic hydroxyl groups is 2. The van der Waals surface area contributed by atoms with Crippen molar-refractivity contribution in [2.45, 2.75) is 33.1 Å². The van der Waals surface area contributed by atoms with Crippen LogP contribution in [0.2, 0.25) is 5.02 Å². The Labute approximate surface area is 207 Å². The molecule has 186 valence electrons. The van der Waals surface area contributed by atoms with E-state index in [1.165, 1.54) is 6.07 Å². The summed E-state index contributed by atoms with van der Waals surface area (Å²) in [5.74, 6) is -0.499. The fourth-order valence-corrected chi connectivity index (χ4v) is 3.55. The van der Waals surface area contributed by atoms with Crippen LogP contribution in [0.4, 0.5) is 0 Å². The van der Waals surface area contributed by atoms with E-state index < -0.39 is 5.91 Å². The zero-order valence-electron chi connectivity index (χ0n) is 19.5. The number of nitrogens with zero attached hydrogens (tertiary/aromatic N) is 1. The monoisotopic (exact) mass is 502 g/mol. The first-order chi connectivity index (χ1) is 16.8. The molecule has 0 bridgehead atoms. The van der Waals surface area contributed by atoms with Gasteiger partial charge in [-0.15, -0.1) is 0 Å². The number of ether oxygens (including phenoxy) is 2. The van der Waals surface area contributed by atoms with Crippen LogP contribution in [0.5, 0.6) is 17.2 Å². The zero-order valence-corrected chi connectivity index (χ0v) is 20.2. The van der Waals surface area contributed by atoms with Crippen molar-refractivity contribution in [1.29, 1.82) is 0 Å². The van der Waals surface area contributed by atoms with Gasteiger partial charge >= 0.3 is 5.97 Å². The molecule has 0 saturated heterocycles. The largest absolute Gasteiger partial charge is 0.507 e. The SMILES string of the molecule is CCNC(=O)c1noc(-c2cc(Cl)c(O)cc2O)c1-c1ccc(OCCCCC(=O)OCC)cc1. The summed E-state index contributed by atoms with van der Waals surface area (Å²) < 4.78 is 16.1. The van der Waals surface area contributed by atoms with Crippen molar-refractivity contribution in [3.05, 3.63) is 47.1 Å². The second kappa shape index (κ2) is 12.1. The Bertz CT molecular complexity index is 1180. The van der Waals surface area contributed by atoms with Gasteiger partial charge in [-0.1, -0.05) is 28.9 Å². The number of carbonyl (C=O) groups excluding carboxylic acids is 2. The molecule has 0 fully saturated rings. The molecule has 1 amide bonds. The van der Waals surface area contributed by atoms with Crippen LogP contribution in [-0.2, 0) is 9.53 Å². The molecular weight excluding hydrogens is 476 g/mol.